The molecule has 0 saturated carbocycles. The van der Waals surface area contributed by atoms with E-state index < -0.39 is 21.6 Å². The Hall–Kier alpha value is -4.44. The molecule has 6 aromatic rings. The van der Waals surface area contributed by atoms with Crippen molar-refractivity contribution in [3.63, 3.8) is 0 Å². The average Bonchev–Trinajstić information content (AvgIpc) is 3.14. The van der Waals surface area contributed by atoms with Crippen molar-refractivity contribution in [3.8, 4) is 33.8 Å². The van der Waals surface area contributed by atoms with Crippen molar-refractivity contribution in [2.24, 2.45) is 0 Å². The minimum absolute atomic E-state index is 0.513. The summed E-state index contributed by atoms with van der Waals surface area (Å²) in [6, 6.07) is 29.5. The summed E-state index contributed by atoms with van der Waals surface area (Å²) in [7, 11) is -10.5. The van der Waals surface area contributed by atoms with Crippen LogP contribution in [0.4, 0.5) is 17.1 Å². The molecule has 0 fully saturated rings. The zero-order valence-corrected chi connectivity index (χ0v) is 33.6. The molecule has 53 heavy (non-hydrogen) atoms. The van der Waals surface area contributed by atoms with Gasteiger partial charge >= 0.3 is 0 Å². The molecule has 3 aliphatic rings. The van der Waals surface area contributed by atoms with Crippen LogP contribution in [0.3, 0.4) is 0 Å². The Labute approximate surface area is 310 Å². The Morgan fingerprint density at radius 3 is 1.11 bits per heavy atom. The van der Waals surface area contributed by atoms with Crippen LogP contribution in [-0.2, 0) is 13.7 Å². The molecule has 0 bridgehead atoms. The third-order valence-corrected chi connectivity index (χ3v) is 19.4. The van der Waals surface area contributed by atoms with E-state index in [0.29, 0.717) is 62.0 Å². The molecule has 0 radical (unpaired) electrons. The number of nitrogens with zero attached hydrogens (tertiary/aromatic N) is 5. The fourth-order valence-electron chi connectivity index (χ4n) is 8.47. The summed E-state index contributed by atoms with van der Waals surface area (Å²) >= 11 is 0. The molecule has 3 aromatic carbocycles. The quantitative estimate of drug-likeness (QED) is 0.160. The molecule has 0 amide bonds. The molecular formula is C42H40N5O3P3. The summed E-state index contributed by atoms with van der Waals surface area (Å²) < 4.78 is 50.3. The summed E-state index contributed by atoms with van der Waals surface area (Å²) in [5.74, 6) is 0. The Bertz CT molecular complexity index is 2590. The monoisotopic (exact) mass is 755 g/mol. The fraction of sp³-hybridized carbons (Fsp3) is 0.214. The zero-order chi connectivity index (χ0) is 37.2. The molecular weight excluding hydrogens is 715 g/mol. The van der Waals surface area contributed by atoms with Crippen LogP contribution in [-0.4, -0.2) is 46.0 Å². The maximum absolute atomic E-state index is 16.6. The van der Waals surface area contributed by atoms with Crippen molar-refractivity contribution in [1.82, 2.24) is 19.6 Å². The van der Waals surface area contributed by atoms with Crippen LogP contribution in [0.15, 0.2) is 91.0 Å². The predicted octanol–water partition coefficient (Wildman–Crippen LogP) is 7.67. The van der Waals surface area contributed by atoms with E-state index in [1.807, 2.05) is 130 Å². The highest BCUT2D eigenvalue weighted by Crippen LogP contribution is 2.66. The van der Waals surface area contributed by atoms with E-state index in [4.69, 9.17) is 15.0 Å². The van der Waals surface area contributed by atoms with E-state index in [1.54, 1.807) is 13.3 Å². The molecule has 9 rings (SSSR count). The van der Waals surface area contributed by atoms with E-state index in [0.717, 1.165) is 50.9 Å². The van der Waals surface area contributed by atoms with E-state index in [1.165, 1.54) is 0 Å². The van der Waals surface area contributed by atoms with Gasteiger partial charge in [0.05, 0.1) is 44.8 Å². The second-order valence-corrected chi connectivity index (χ2v) is 22.8. The maximum Gasteiger partial charge on any atom is 0.211 e. The van der Waals surface area contributed by atoms with Crippen molar-refractivity contribution >= 4 is 70.5 Å². The number of rotatable bonds is 6. The van der Waals surface area contributed by atoms with Crippen molar-refractivity contribution in [3.05, 3.63) is 108 Å². The highest BCUT2D eigenvalue weighted by atomic mass is 31.2. The third kappa shape index (κ3) is 4.79. The van der Waals surface area contributed by atoms with Crippen LogP contribution in [0, 0.1) is 20.8 Å². The van der Waals surface area contributed by atoms with Gasteiger partial charge in [0, 0.05) is 68.1 Å². The first-order chi connectivity index (χ1) is 25.3. The SMILES string of the molecule is CCN(CC)P1(=O)c2cc(-c3cccc(C)n3)cc3c2N2c4c(cc(-c5cccc(C)n5)cc4P(C)(=O)c4cc(-c5cccc(C)n5)cc1c42)P3(C)=O. The summed E-state index contributed by atoms with van der Waals surface area (Å²) in [6.07, 6.45) is 0. The molecule has 6 heterocycles. The van der Waals surface area contributed by atoms with Crippen molar-refractivity contribution in [2.45, 2.75) is 34.6 Å². The predicted molar refractivity (Wildman–Crippen MR) is 220 cm³/mol. The number of pyridine rings is 3. The lowest BCUT2D eigenvalue weighted by molar-refractivity contribution is 0.458. The first-order valence-electron chi connectivity index (χ1n) is 18.0. The number of aryl methyl sites for hydroxylation is 3. The average molecular weight is 756 g/mol. The van der Waals surface area contributed by atoms with Gasteiger partial charge in [0.15, 0.2) is 0 Å². The van der Waals surface area contributed by atoms with Crippen LogP contribution in [0.25, 0.3) is 33.8 Å². The lowest BCUT2D eigenvalue weighted by Gasteiger charge is -2.50. The molecule has 0 saturated heterocycles. The molecule has 8 nitrogen and oxygen atoms in total. The molecule has 0 N–H and O–H groups in total. The number of hydrogen-bond acceptors (Lipinski definition) is 7. The fourth-order valence-corrected chi connectivity index (χ4v) is 16.6. The number of benzene rings is 3. The first-order valence-corrected chi connectivity index (χ1v) is 24.0. The normalized spacial score (nSPS) is 21.8. The van der Waals surface area contributed by atoms with Crippen molar-refractivity contribution in [1.29, 1.82) is 0 Å². The minimum Gasteiger partial charge on any atom is -0.314 e. The molecule has 3 aliphatic heterocycles. The minimum atomic E-state index is -3.67. The first kappa shape index (κ1) is 34.3. The Morgan fingerprint density at radius 1 is 0.509 bits per heavy atom. The Balaban J connectivity index is 1.48. The summed E-state index contributed by atoms with van der Waals surface area (Å²) in [4.78, 5) is 16.7. The topological polar surface area (TPSA) is 96.4 Å². The van der Waals surface area contributed by atoms with Crippen molar-refractivity contribution in [2.75, 3.05) is 31.3 Å². The molecule has 2 atom stereocenters. The standard InChI is InChI=1S/C42H40N5O3P3/c1-8-46(9-2)53(50)38-23-29(32-17-11-14-26(4)44-32)21-36-41(38)47-40-34(51(36,6)48)19-28(31-16-10-13-25(3)43-31)20-35(40)52(7,49)37-22-30(24-39(53)42(37)47)33-18-12-15-27(5)45-33/h10-24H,8-9H2,1-7H3. The van der Waals surface area contributed by atoms with Crippen LogP contribution in [0.5, 0.6) is 0 Å². The number of aromatic nitrogens is 3. The van der Waals surface area contributed by atoms with Gasteiger partial charge in [-0.2, -0.15) is 0 Å². The van der Waals surface area contributed by atoms with Crippen LogP contribution in [0.1, 0.15) is 30.9 Å². The van der Waals surface area contributed by atoms with Gasteiger partial charge in [-0.25, -0.2) is 4.67 Å². The smallest absolute Gasteiger partial charge is 0.211 e. The lowest BCUT2D eigenvalue weighted by atomic mass is 10.0. The molecule has 11 heteroatoms. The largest absolute Gasteiger partial charge is 0.314 e. The maximum atomic E-state index is 16.6. The van der Waals surface area contributed by atoms with E-state index in [-0.39, 0.29) is 0 Å². The van der Waals surface area contributed by atoms with Crippen molar-refractivity contribution < 1.29 is 13.7 Å². The summed E-state index contributed by atoms with van der Waals surface area (Å²) in [6.45, 7) is 14.5. The van der Waals surface area contributed by atoms with Gasteiger partial charge in [-0.05, 0) is 107 Å². The Morgan fingerprint density at radius 2 is 0.811 bits per heavy atom. The van der Waals surface area contributed by atoms with Gasteiger partial charge in [0.2, 0.25) is 7.29 Å². The second-order valence-electron chi connectivity index (χ2n) is 14.5. The number of hydrogen-bond donors (Lipinski definition) is 0. The van der Waals surface area contributed by atoms with Crippen LogP contribution in [0.2, 0.25) is 0 Å². The molecule has 3 aromatic heterocycles. The van der Waals surface area contributed by atoms with Gasteiger partial charge in [-0.1, -0.05) is 32.0 Å². The summed E-state index contributed by atoms with van der Waals surface area (Å²) in [5.41, 5.74) is 9.03. The zero-order valence-electron chi connectivity index (χ0n) is 30.9. The van der Waals surface area contributed by atoms with Gasteiger partial charge in [-0.15, -0.1) is 0 Å². The van der Waals surface area contributed by atoms with Gasteiger partial charge in [-0.3, -0.25) is 19.5 Å². The third-order valence-electron chi connectivity index (χ3n) is 11.1. The lowest BCUT2D eigenvalue weighted by Crippen LogP contribution is -2.51. The highest BCUT2D eigenvalue weighted by Gasteiger charge is 2.55. The number of anilines is 3. The summed E-state index contributed by atoms with van der Waals surface area (Å²) in [5, 5.41) is 3.76. The van der Waals surface area contributed by atoms with Gasteiger partial charge in [0.1, 0.15) is 14.3 Å². The molecule has 0 spiro atoms. The van der Waals surface area contributed by atoms with Gasteiger partial charge < -0.3 is 14.0 Å². The molecule has 0 aliphatic carbocycles. The van der Waals surface area contributed by atoms with Gasteiger partial charge in [0.25, 0.3) is 0 Å². The van der Waals surface area contributed by atoms with E-state index in [9.17, 15) is 0 Å². The van der Waals surface area contributed by atoms with Crippen LogP contribution >= 0.6 is 21.6 Å². The van der Waals surface area contributed by atoms with Crippen LogP contribution < -0.4 is 36.7 Å². The second kappa shape index (κ2) is 11.8. The highest BCUT2D eigenvalue weighted by molar-refractivity contribution is 7.82. The van der Waals surface area contributed by atoms with E-state index >= 15 is 13.7 Å². The molecule has 266 valence electrons. The Kier molecular flexibility index (Phi) is 7.63. The molecule has 2 unspecified atom stereocenters. The van der Waals surface area contributed by atoms with E-state index in [2.05, 4.69) is 4.90 Å².